The minimum atomic E-state index is -5.37. The quantitative estimate of drug-likeness (QED) is 0.0827. The molecule has 0 atom stereocenters. The van der Waals surface area contributed by atoms with Gasteiger partial charge >= 0.3 is 5.97 Å². The molecule has 4 aromatic carbocycles. The van der Waals surface area contributed by atoms with Gasteiger partial charge < -0.3 is 14.7 Å². The van der Waals surface area contributed by atoms with E-state index in [2.05, 4.69) is 6.07 Å². The number of aromatic carboxylic acids is 1. The summed E-state index contributed by atoms with van der Waals surface area (Å²) >= 11 is 5.85. The molecule has 1 fully saturated rings. The normalized spacial score (nSPS) is 13.3. The lowest BCUT2D eigenvalue weighted by molar-refractivity contribution is -0.119. The van der Waals surface area contributed by atoms with Crippen LogP contribution in [0, 0.1) is 30.2 Å². The van der Waals surface area contributed by atoms with Crippen LogP contribution in [-0.4, -0.2) is 42.9 Å². The fourth-order valence-corrected chi connectivity index (χ4v) is 7.84. The zero-order chi connectivity index (χ0) is 39.0. The lowest BCUT2D eigenvalue weighted by Gasteiger charge is -2.30. The highest BCUT2D eigenvalue weighted by atomic mass is 35.5. The number of carboxylic acids is 1. The molecule has 1 aliphatic carbocycles. The Balaban J connectivity index is 1.68. The summed E-state index contributed by atoms with van der Waals surface area (Å²) in [4.78, 5) is 26.1. The molecule has 282 valence electrons. The zero-order valence-corrected chi connectivity index (χ0v) is 31.3. The van der Waals surface area contributed by atoms with Gasteiger partial charge in [-0.05, 0) is 84.0 Å². The van der Waals surface area contributed by atoms with Crippen LogP contribution in [0.4, 0.5) is 23.2 Å². The molecular weight excluding hydrogens is 736 g/mol. The minimum Gasteiger partial charge on any atom is -0.492 e. The predicted octanol–water partition coefficient (Wildman–Crippen LogP) is 8.90. The number of nitrogens with zero attached hydrogens (tertiary/aromatic N) is 2. The molecule has 8 nitrogen and oxygen atoms in total. The second kappa shape index (κ2) is 15.5. The van der Waals surface area contributed by atoms with Crippen molar-refractivity contribution < 1.29 is 45.4 Å². The summed E-state index contributed by atoms with van der Waals surface area (Å²) in [6.45, 7) is 7.81. The van der Waals surface area contributed by atoms with Gasteiger partial charge in [0.25, 0.3) is 0 Å². The van der Waals surface area contributed by atoms with Crippen LogP contribution in [0.25, 0.3) is 0 Å². The van der Waals surface area contributed by atoms with E-state index in [-0.39, 0.29) is 35.6 Å². The number of amides is 1. The molecule has 0 unspecified atom stereocenters. The highest BCUT2D eigenvalue weighted by molar-refractivity contribution is 7.89. The molecule has 0 aromatic heterocycles. The molecule has 1 aliphatic rings. The van der Waals surface area contributed by atoms with Crippen molar-refractivity contribution in [2.45, 2.75) is 76.8 Å². The maximum Gasteiger partial charge on any atom is 0.335 e. The molecule has 0 spiro atoms. The molecule has 5 rings (SSSR count). The molecule has 1 N–H and O–H groups in total. The fourth-order valence-electron chi connectivity index (χ4n) is 5.91. The zero-order valence-electron chi connectivity index (χ0n) is 29.8. The maximum absolute atomic E-state index is 15.3. The molecule has 14 heteroatoms. The first-order chi connectivity index (χ1) is 24.8. The summed E-state index contributed by atoms with van der Waals surface area (Å²) in [5, 5.41) is 8.18. The Kier molecular flexibility index (Phi) is 11.6. The number of rotatable bonds is 13. The number of carboxylic acid groups (broad SMARTS) is 1. The van der Waals surface area contributed by atoms with Gasteiger partial charge in [-0.15, -0.1) is 0 Å². The maximum atomic E-state index is 15.3. The average molecular weight is 775 g/mol. The molecule has 1 saturated carbocycles. The Morgan fingerprint density at radius 2 is 1.58 bits per heavy atom. The van der Waals surface area contributed by atoms with Gasteiger partial charge in [-0.1, -0.05) is 74.8 Å². The van der Waals surface area contributed by atoms with Crippen molar-refractivity contribution in [2.24, 2.45) is 0 Å². The second-order valence-electron chi connectivity index (χ2n) is 14.0. The number of hydrogen-bond donors (Lipinski definition) is 1. The van der Waals surface area contributed by atoms with Crippen LogP contribution >= 0.6 is 11.6 Å². The SMILES string of the molecule is CCOc1cc(C(=O)O)ccc1N(Cc1cc(C2CC2)cc(C(C)(C)C)c1)C(=O)CN(Cc1ccccc1C)S(=O)(=O)c1c(F)c(F)c(F)c(F)c1Cl. The summed E-state index contributed by atoms with van der Waals surface area (Å²) in [6.07, 6.45) is 1.99. The Labute approximate surface area is 311 Å². The van der Waals surface area contributed by atoms with Gasteiger partial charge in [0.05, 0.1) is 30.9 Å². The van der Waals surface area contributed by atoms with Crippen LogP contribution in [0.3, 0.4) is 0 Å². The lowest BCUT2D eigenvalue weighted by atomic mass is 9.84. The van der Waals surface area contributed by atoms with Crippen LogP contribution in [0.15, 0.2) is 65.6 Å². The molecule has 0 saturated heterocycles. The average Bonchev–Trinajstić information content (AvgIpc) is 3.95. The molecule has 1 amide bonds. The van der Waals surface area contributed by atoms with Crippen molar-refractivity contribution >= 4 is 39.2 Å². The molecule has 53 heavy (non-hydrogen) atoms. The predicted molar refractivity (Wildman–Crippen MR) is 193 cm³/mol. The van der Waals surface area contributed by atoms with E-state index in [1.165, 1.54) is 23.1 Å². The summed E-state index contributed by atoms with van der Waals surface area (Å²) in [5.41, 5.74) is 3.37. The number of sulfonamides is 1. The first-order valence-electron chi connectivity index (χ1n) is 16.9. The Morgan fingerprint density at radius 3 is 2.19 bits per heavy atom. The number of anilines is 1. The van der Waals surface area contributed by atoms with Gasteiger partial charge in [0.1, 0.15) is 15.7 Å². The van der Waals surface area contributed by atoms with Crippen molar-refractivity contribution in [3.8, 4) is 5.75 Å². The Bertz CT molecular complexity index is 2160. The number of carbonyl (C=O) groups is 2. The van der Waals surface area contributed by atoms with E-state index >= 15 is 4.39 Å². The van der Waals surface area contributed by atoms with Crippen LogP contribution < -0.4 is 9.64 Å². The van der Waals surface area contributed by atoms with E-state index in [1.54, 1.807) is 38.1 Å². The second-order valence-corrected chi connectivity index (χ2v) is 16.2. The van der Waals surface area contributed by atoms with Crippen LogP contribution in [0.1, 0.15) is 84.6 Å². The molecule has 0 bridgehead atoms. The monoisotopic (exact) mass is 774 g/mol. The van der Waals surface area contributed by atoms with Crippen molar-refractivity contribution in [3.05, 3.63) is 122 Å². The van der Waals surface area contributed by atoms with E-state index in [9.17, 15) is 36.3 Å². The molecule has 4 aromatic rings. The summed E-state index contributed by atoms with van der Waals surface area (Å²) in [5.74, 6) is -10.8. The molecule has 0 radical (unpaired) electrons. The number of benzene rings is 4. The number of hydrogen-bond acceptors (Lipinski definition) is 5. The van der Waals surface area contributed by atoms with Crippen molar-refractivity contribution in [1.29, 1.82) is 0 Å². The third-order valence-corrected chi connectivity index (χ3v) is 11.4. The van der Waals surface area contributed by atoms with Crippen LogP contribution in [-0.2, 0) is 33.3 Å². The summed E-state index contributed by atoms with van der Waals surface area (Å²) < 4.78 is 93.3. The highest BCUT2D eigenvalue weighted by Gasteiger charge is 2.38. The van der Waals surface area contributed by atoms with Crippen LogP contribution in [0.2, 0.25) is 5.02 Å². The van der Waals surface area contributed by atoms with Gasteiger partial charge in [0.2, 0.25) is 15.9 Å². The fraction of sp³-hybridized carbons (Fsp3) is 0.333. The van der Waals surface area contributed by atoms with E-state index in [0.29, 0.717) is 26.9 Å². The van der Waals surface area contributed by atoms with Gasteiger partial charge in [-0.3, -0.25) is 4.79 Å². The first-order valence-corrected chi connectivity index (χ1v) is 18.7. The third kappa shape index (κ3) is 8.53. The number of carbonyl (C=O) groups excluding carboxylic acids is 1. The van der Waals surface area contributed by atoms with E-state index in [1.807, 2.05) is 32.9 Å². The minimum absolute atomic E-state index is 0.0141. The number of ether oxygens (including phenoxy) is 1. The Hall–Kier alpha value is -4.46. The molecular formula is C39H39ClF4N2O6S. The third-order valence-electron chi connectivity index (χ3n) is 9.06. The van der Waals surface area contributed by atoms with Crippen molar-refractivity contribution in [1.82, 2.24) is 4.31 Å². The first kappa shape index (κ1) is 39.7. The van der Waals surface area contributed by atoms with Gasteiger partial charge in [0, 0.05) is 6.54 Å². The van der Waals surface area contributed by atoms with Crippen LogP contribution in [0.5, 0.6) is 5.75 Å². The summed E-state index contributed by atoms with van der Waals surface area (Å²) in [6, 6.07) is 16.4. The van der Waals surface area contributed by atoms with Crippen molar-refractivity contribution in [2.75, 3.05) is 18.1 Å². The van der Waals surface area contributed by atoms with Gasteiger partial charge in [-0.2, -0.15) is 4.31 Å². The number of aryl methyl sites for hydroxylation is 1. The molecule has 0 aliphatic heterocycles. The van der Waals surface area contributed by atoms with Gasteiger partial charge in [-0.25, -0.2) is 30.8 Å². The summed E-state index contributed by atoms with van der Waals surface area (Å²) in [7, 11) is -5.37. The van der Waals surface area contributed by atoms with E-state index in [0.717, 1.165) is 24.0 Å². The van der Waals surface area contributed by atoms with E-state index < -0.39 is 68.2 Å². The highest BCUT2D eigenvalue weighted by Crippen LogP contribution is 2.42. The topological polar surface area (TPSA) is 104 Å². The number of halogens is 5. The van der Waals surface area contributed by atoms with E-state index in [4.69, 9.17) is 16.3 Å². The Morgan fingerprint density at radius 1 is 0.925 bits per heavy atom. The smallest absolute Gasteiger partial charge is 0.335 e. The largest absolute Gasteiger partial charge is 0.492 e. The van der Waals surface area contributed by atoms with Gasteiger partial charge in [0.15, 0.2) is 23.3 Å². The lowest BCUT2D eigenvalue weighted by Crippen LogP contribution is -2.43. The van der Waals surface area contributed by atoms with Crippen molar-refractivity contribution in [3.63, 3.8) is 0 Å². The standard InChI is InChI=1S/C39H39ClF4N2O6S/c1-6-52-30-18-25(38(48)49)13-14-29(30)46(19-23-15-27(24-11-12-24)17-28(16-23)39(3,4)5)31(47)21-45(20-26-10-8-7-9-22(26)2)53(50,51)37-32(40)33(41)34(42)35(43)36(37)44/h7-10,13-18,24H,6,11-12,19-21H2,1-5H3,(H,48,49). The molecule has 0 heterocycles.